The minimum absolute atomic E-state index is 0.125. The van der Waals surface area contributed by atoms with E-state index in [0.717, 1.165) is 24.8 Å². The fourth-order valence-corrected chi connectivity index (χ4v) is 3.76. The highest BCUT2D eigenvalue weighted by Crippen LogP contribution is 2.42. The normalized spacial score (nSPS) is 32.1. The Hall–Kier alpha value is -1.42. The number of ether oxygens (including phenoxy) is 1. The summed E-state index contributed by atoms with van der Waals surface area (Å²) in [7, 11) is 1.44. The van der Waals surface area contributed by atoms with Crippen molar-refractivity contribution < 1.29 is 13.9 Å². The van der Waals surface area contributed by atoms with Gasteiger partial charge in [0.15, 0.2) is 0 Å². The Morgan fingerprint density at radius 2 is 2.20 bits per heavy atom. The molecule has 108 valence electrons. The summed E-state index contributed by atoms with van der Waals surface area (Å²) in [6.07, 6.45) is 3.04. The molecule has 0 unspecified atom stereocenters. The van der Waals surface area contributed by atoms with Crippen LogP contribution in [0.25, 0.3) is 0 Å². The number of carbonyl (C=O) groups excluding carboxylic acids is 1. The van der Waals surface area contributed by atoms with Crippen LogP contribution < -0.4 is 5.32 Å². The second kappa shape index (κ2) is 5.17. The predicted octanol–water partition coefficient (Wildman–Crippen LogP) is 2.53. The van der Waals surface area contributed by atoms with Crippen molar-refractivity contribution in [3.8, 4) is 0 Å². The van der Waals surface area contributed by atoms with Gasteiger partial charge in [0.25, 0.3) is 0 Å². The van der Waals surface area contributed by atoms with Gasteiger partial charge in [-0.1, -0.05) is 12.1 Å². The Bertz CT molecular complexity index is 531. The molecule has 2 bridgehead atoms. The van der Waals surface area contributed by atoms with Crippen LogP contribution in [0.15, 0.2) is 18.2 Å². The van der Waals surface area contributed by atoms with E-state index in [1.54, 1.807) is 6.92 Å². The van der Waals surface area contributed by atoms with E-state index in [0.29, 0.717) is 11.6 Å². The number of fused-ring (bicyclic) bond motifs is 2. The molecule has 4 heteroatoms. The molecule has 2 aliphatic rings. The lowest BCUT2D eigenvalue weighted by atomic mass is 9.76. The minimum Gasteiger partial charge on any atom is -0.469 e. The largest absolute Gasteiger partial charge is 0.469 e. The van der Waals surface area contributed by atoms with Crippen molar-refractivity contribution in [2.24, 2.45) is 5.92 Å². The van der Waals surface area contributed by atoms with Crippen LogP contribution in [0.3, 0.4) is 0 Å². The summed E-state index contributed by atoms with van der Waals surface area (Å²) in [5.74, 6) is -0.390. The van der Waals surface area contributed by atoms with Gasteiger partial charge in [-0.25, -0.2) is 4.39 Å². The SMILES string of the molecule is COC(=O)[C@@H]1[C@H]2CC[C@@H](C[C@H]1c1ccc(F)c(C)c1)N2. The van der Waals surface area contributed by atoms with Gasteiger partial charge in [-0.05, 0) is 43.4 Å². The van der Waals surface area contributed by atoms with Crippen molar-refractivity contribution in [3.05, 3.63) is 35.1 Å². The number of halogens is 1. The number of nitrogens with one attached hydrogen (secondary N) is 1. The summed E-state index contributed by atoms with van der Waals surface area (Å²) in [5, 5.41) is 3.51. The number of rotatable bonds is 2. The number of aryl methyl sites for hydroxylation is 1. The fourth-order valence-electron chi connectivity index (χ4n) is 3.76. The topological polar surface area (TPSA) is 38.3 Å². The molecule has 0 aliphatic carbocycles. The molecule has 3 rings (SSSR count). The molecule has 2 heterocycles. The zero-order valence-electron chi connectivity index (χ0n) is 11.9. The van der Waals surface area contributed by atoms with E-state index in [4.69, 9.17) is 4.74 Å². The average Bonchev–Trinajstić information content (AvgIpc) is 2.82. The monoisotopic (exact) mass is 277 g/mol. The fraction of sp³-hybridized carbons (Fsp3) is 0.562. The van der Waals surface area contributed by atoms with Crippen LogP contribution in [0, 0.1) is 18.7 Å². The molecule has 2 fully saturated rings. The maximum atomic E-state index is 13.4. The minimum atomic E-state index is -0.194. The maximum Gasteiger partial charge on any atom is 0.310 e. The Morgan fingerprint density at radius 1 is 1.40 bits per heavy atom. The number of hydrogen-bond donors (Lipinski definition) is 1. The number of benzene rings is 1. The van der Waals surface area contributed by atoms with Gasteiger partial charge in [-0.3, -0.25) is 4.79 Å². The first-order valence-corrected chi connectivity index (χ1v) is 7.20. The number of esters is 1. The van der Waals surface area contributed by atoms with E-state index in [1.165, 1.54) is 13.2 Å². The maximum absolute atomic E-state index is 13.4. The smallest absolute Gasteiger partial charge is 0.310 e. The van der Waals surface area contributed by atoms with Crippen molar-refractivity contribution in [3.63, 3.8) is 0 Å². The lowest BCUT2D eigenvalue weighted by Crippen LogP contribution is -2.48. The number of methoxy groups -OCH3 is 1. The summed E-state index contributed by atoms with van der Waals surface area (Å²) >= 11 is 0. The zero-order valence-corrected chi connectivity index (χ0v) is 11.9. The Kier molecular flexibility index (Phi) is 3.50. The molecule has 1 N–H and O–H groups in total. The van der Waals surface area contributed by atoms with E-state index < -0.39 is 0 Å². The van der Waals surface area contributed by atoms with Crippen molar-refractivity contribution >= 4 is 5.97 Å². The van der Waals surface area contributed by atoms with E-state index in [2.05, 4.69) is 5.32 Å². The van der Waals surface area contributed by atoms with Gasteiger partial charge in [0.2, 0.25) is 0 Å². The predicted molar refractivity (Wildman–Crippen MR) is 73.9 cm³/mol. The quantitative estimate of drug-likeness (QED) is 0.844. The van der Waals surface area contributed by atoms with Crippen LogP contribution in [0.2, 0.25) is 0 Å². The second-order valence-electron chi connectivity index (χ2n) is 5.95. The van der Waals surface area contributed by atoms with E-state index in [9.17, 15) is 9.18 Å². The van der Waals surface area contributed by atoms with Crippen LogP contribution >= 0.6 is 0 Å². The average molecular weight is 277 g/mol. The van der Waals surface area contributed by atoms with Crippen molar-refractivity contribution in [1.82, 2.24) is 5.32 Å². The number of carbonyl (C=O) groups is 1. The van der Waals surface area contributed by atoms with Gasteiger partial charge in [0.05, 0.1) is 13.0 Å². The lowest BCUT2D eigenvalue weighted by Gasteiger charge is -2.36. The van der Waals surface area contributed by atoms with E-state index in [-0.39, 0.29) is 29.7 Å². The Morgan fingerprint density at radius 3 is 2.90 bits per heavy atom. The van der Waals surface area contributed by atoms with Crippen LogP contribution in [0.4, 0.5) is 4.39 Å². The molecule has 2 aliphatic heterocycles. The molecule has 20 heavy (non-hydrogen) atoms. The van der Waals surface area contributed by atoms with Gasteiger partial charge in [-0.15, -0.1) is 0 Å². The van der Waals surface area contributed by atoms with Crippen LogP contribution in [0.5, 0.6) is 0 Å². The molecule has 1 aromatic rings. The van der Waals surface area contributed by atoms with E-state index in [1.807, 2.05) is 12.1 Å². The summed E-state index contributed by atoms with van der Waals surface area (Å²) in [6, 6.07) is 5.85. The van der Waals surface area contributed by atoms with E-state index >= 15 is 0 Å². The Labute approximate surface area is 118 Å². The van der Waals surface area contributed by atoms with Crippen molar-refractivity contribution in [2.75, 3.05) is 7.11 Å². The third-order valence-electron chi connectivity index (χ3n) is 4.76. The molecule has 0 saturated carbocycles. The molecule has 1 aromatic carbocycles. The number of piperidine rings is 1. The van der Waals surface area contributed by atoms with Gasteiger partial charge >= 0.3 is 5.97 Å². The first-order valence-electron chi connectivity index (χ1n) is 7.20. The summed E-state index contributed by atoms with van der Waals surface area (Å²) in [6.45, 7) is 1.77. The number of hydrogen-bond acceptors (Lipinski definition) is 3. The highest BCUT2D eigenvalue weighted by Gasteiger charge is 2.46. The molecule has 0 spiro atoms. The molecular formula is C16H20FNO2. The second-order valence-corrected chi connectivity index (χ2v) is 5.95. The summed E-state index contributed by atoms with van der Waals surface area (Å²) in [4.78, 5) is 12.2. The van der Waals surface area contributed by atoms with Gasteiger partial charge in [-0.2, -0.15) is 0 Å². The molecule has 4 atom stereocenters. The first kappa shape index (κ1) is 13.6. The van der Waals surface area contributed by atoms with Gasteiger partial charge < -0.3 is 10.1 Å². The lowest BCUT2D eigenvalue weighted by molar-refractivity contribution is -0.148. The summed E-state index contributed by atoms with van der Waals surface area (Å²) < 4.78 is 18.4. The van der Waals surface area contributed by atoms with Crippen molar-refractivity contribution in [2.45, 2.75) is 44.2 Å². The van der Waals surface area contributed by atoms with Crippen LogP contribution in [-0.4, -0.2) is 25.2 Å². The molecule has 0 radical (unpaired) electrons. The van der Waals surface area contributed by atoms with Crippen LogP contribution in [0.1, 0.15) is 36.3 Å². The molecule has 0 amide bonds. The third kappa shape index (κ3) is 2.22. The highest BCUT2D eigenvalue weighted by molar-refractivity contribution is 5.75. The molecule has 3 nitrogen and oxygen atoms in total. The zero-order chi connectivity index (χ0) is 14.3. The third-order valence-corrected chi connectivity index (χ3v) is 4.76. The van der Waals surface area contributed by atoms with Gasteiger partial charge in [0.1, 0.15) is 5.82 Å². The molecule has 0 aromatic heterocycles. The molecular weight excluding hydrogens is 257 g/mol. The molecule has 2 saturated heterocycles. The van der Waals surface area contributed by atoms with Gasteiger partial charge in [0, 0.05) is 18.0 Å². The Balaban J connectivity index is 1.96. The summed E-state index contributed by atoms with van der Waals surface area (Å²) in [5.41, 5.74) is 1.69. The standard InChI is InChI=1S/C16H20FNO2/c1-9-7-10(3-5-13(9)17)12-8-11-4-6-14(18-11)15(12)16(19)20-2/h3,5,7,11-12,14-15,18H,4,6,8H2,1-2H3/t11-,12-,14+,15-/m0/s1. The highest BCUT2D eigenvalue weighted by atomic mass is 19.1. The first-order chi connectivity index (χ1) is 9.60. The van der Waals surface area contributed by atoms with Crippen LogP contribution in [-0.2, 0) is 9.53 Å². The van der Waals surface area contributed by atoms with Crippen molar-refractivity contribution in [1.29, 1.82) is 0 Å².